The van der Waals surface area contributed by atoms with Gasteiger partial charge in [0.25, 0.3) is 0 Å². The molecule has 0 unspecified atom stereocenters. The zero-order chi connectivity index (χ0) is 13.6. The molecule has 1 aromatic carbocycles. The van der Waals surface area contributed by atoms with E-state index in [1.807, 2.05) is 32.2 Å². The van der Waals surface area contributed by atoms with Crippen LogP contribution in [0, 0.1) is 6.92 Å². The molecule has 0 saturated heterocycles. The van der Waals surface area contributed by atoms with Gasteiger partial charge in [0, 0.05) is 36.1 Å². The highest BCUT2D eigenvalue weighted by Crippen LogP contribution is 2.28. The summed E-state index contributed by atoms with van der Waals surface area (Å²) in [7, 11) is 2.02. The molecule has 0 fully saturated rings. The van der Waals surface area contributed by atoms with Gasteiger partial charge in [-0.1, -0.05) is 18.2 Å². The topological polar surface area (TPSA) is 43.6 Å². The van der Waals surface area contributed by atoms with Crippen molar-refractivity contribution in [3.05, 3.63) is 41.2 Å². The summed E-state index contributed by atoms with van der Waals surface area (Å²) in [5.74, 6) is 0.0129. The third-order valence-corrected chi connectivity index (χ3v) is 3.46. The number of hydrogen-bond acceptors (Lipinski definition) is 3. The first kappa shape index (κ1) is 11.7. The maximum absolute atomic E-state index is 11.6. The van der Waals surface area contributed by atoms with Crippen LogP contribution in [0.3, 0.4) is 0 Å². The summed E-state index contributed by atoms with van der Waals surface area (Å²) in [6, 6.07) is 8.10. The monoisotopic (exact) mass is 254 g/mol. The van der Waals surface area contributed by atoms with Gasteiger partial charge in [-0.15, -0.1) is 0 Å². The fourth-order valence-electron chi connectivity index (χ4n) is 2.38. The zero-order valence-electron chi connectivity index (χ0n) is 11.1. The highest BCUT2D eigenvalue weighted by Gasteiger charge is 2.21. The molecule has 0 bridgehead atoms. The number of fused-ring (bicyclic) bond motifs is 1. The van der Waals surface area contributed by atoms with Gasteiger partial charge in [0.05, 0.1) is 0 Å². The van der Waals surface area contributed by atoms with Gasteiger partial charge in [-0.05, 0) is 19.1 Å². The van der Waals surface area contributed by atoms with Gasteiger partial charge in [-0.25, -0.2) is 9.79 Å². The number of rotatable bonds is 1. The van der Waals surface area contributed by atoms with Crippen LogP contribution in [0.1, 0.15) is 18.2 Å². The minimum atomic E-state index is -0.384. The van der Waals surface area contributed by atoms with Crippen molar-refractivity contribution in [2.75, 3.05) is 0 Å². The van der Waals surface area contributed by atoms with Crippen molar-refractivity contribution in [1.29, 1.82) is 0 Å². The number of cyclic esters (lactones) is 1. The molecule has 0 amide bonds. The third-order valence-electron chi connectivity index (χ3n) is 3.46. The van der Waals surface area contributed by atoms with Crippen LogP contribution in [0.5, 0.6) is 0 Å². The molecule has 4 heteroatoms. The number of ether oxygens (including phenoxy) is 1. The smallest absolute Gasteiger partial charge is 0.363 e. The van der Waals surface area contributed by atoms with E-state index in [1.165, 1.54) is 0 Å². The predicted molar refractivity (Wildman–Crippen MR) is 74.8 cm³/mol. The van der Waals surface area contributed by atoms with Crippen LogP contribution >= 0.6 is 0 Å². The highest BCUT2D eigenvalue weighted by molar-refractivity contribution is 6.08. The molecule has 0 saturated carbocycles. The van der Waals surface area contributed by atoms with E-state index >= 15 is 0 Å². The van der Waals surface area contributed by atoms with Crippen LogP contribution in [0.4, 0.5) is 0 Å². The molecule has 1 aliphatic rings. The SMILES string of the molecule is CC1=N/C(=C/c2c(C)n(C)c3ccccc23)C(=O)O1. The Hall–Kier alpha value is -2.36. The van der Waals surface area contributed by atoms with E-state index in [1.54, 1.807) is 13.0 Å². The van der Waals surface area contributed by atoms with E-state index in [4.69, 9.17) is 4.74 Å². The Morgan fingerprint density at radius 3 is 2.68 bits per heavy atom. The first-order chi connectivity index (χ1) is 9.08. The van der Waals surface area contributed by atoms with Crippen LogP contribution < -0.4 is 0 Å². The number of aryl methyl sites for hydroxylation is 1. The summed E-state index contributed by atoms with van der Waals surface area (Å²) in [5, 5.41) is 1.11. The molecule has 0 radical (unpaired) electrons. The van der Waals surface area contributed by atoms with E-state index in [9.17, 15) is 4.79 Å². The fourth-order valence-corrected chi connectivity index (χ4v) is 2.38. The Labute approximate surface area is 111 Å². The number of nitrogens with zero attached hydrogens (tertiary/aromatic N) is 2. The normalized spacial score (nSPS) is 17.1. The average Bonchev–Trinajstić information content (AvgIpc) is 2.83. The van der Waals surface area contributed by atoms with Crippen molar-refractivity contribution < 1.29 is 9.53 Å². The quantitative estimate of drug-likeness (QED) is 0.580. The van der Waals surface area contributed by atoms with E-state index < -0.39 is 0 Å². The summed E-state index contributed by atoms with van der Waals surface area (Å²) < 4.78 is 7.05. The molecule has 2 aromatic rings. The minimum Gasteiger partial charge on any atom is -0.407 e. The van der Waals surface area contributed by atoms with Crippen LogP contribution in [0.25, 0.3) is 17.0 Å². The van der Waals surface area contributed by atoms with Crippen molar-refractivity contribution in [1.82, 2.24) is 4.57 Å². The predicted octanol–water partition coefficient (Wildman–Crippen LogP) is 2.80. The van der Waals surface area contributed by atoms with Crippen molar-refractivity contribution in [3.63, 3.8) is 0 Å². The second-order valence-electron chi connectivity index (χ2n) is 4.63. The lowest BCUT2D eigenvalue weighted by molar-refractivity contribution is -0.130. The van der Waals surface area contributed by atoms with Crippen LogP contribution in [-0.2, 0) is 16.6 Å². The van der Waals surface area contributed by atoms with E-state index in [-0.39, 0.29) is 5.97 Å². The van der Waals surface area contributed by atoms with Crippen molar-refractivity contribution in [2.45, 2.75) is 13.8 Å². The molecule has 0 aliphatic carbocycles. The van der Waals surface area contributed by atoms with Gasteiger partial charge >= 0.3 is 5.97 Å². The fraction of sp³-hybridized carbons (Fsp3) is 0.200. The zero-order valence-corrected chi connectivity index (χ0v) is 11.1. The van der Waals surface area contributed by atoms with E-state index in [2.05, 4.69) is 15.6 Å². The lowest BCUT2D eigenvalue weighted by atomic mass is 10.1. The molecule has 1 aliphatic heterocycles. The Morgan fingerprint density at radius 1 is 1.26 bits per heavy atom. The van der Waals surface area contributed by atoms with Gasteiger partial charge in [-0.3, -0.25) is 0 Å². The molecule has 2 heterocycles. The molecule has 96 valence electrons. The van der Waals surface area contributed by atoms with Gasteiger partial charge in [0.2, 0.25) is 0 Å². The maximum atomic E-state index is 11.6. The summed E-state index contributed by atoms with van der Waals surface area (Å²) in [6.45, 7) is 3.71. The van der Waals surface area contributed by atoms with Crippen molar-refractivity contribution >= 4 is 28.8 Å². The lowest BCUT2D eigenvalue weighted by Gasteiger charge is -1.97. The van der Waals surface area contributed by atoms with E-state index in [0.29, 0.717) is 11.6 Å². The van der Waals surface area contributed by atoms with Gasteiger partial charge < -0.3 is 9.30 Å². The molecule has 1 aromatic heterocycles. The van der Waals surface area contributed by atoms with E-state index in [0.717, 1.165) is 22.2 Å². The minimum absolute atomic E-state index is 0.358. The number of esters is 1. The van der Waals surface area contributed by atoms with Crippen LogP contribution in [0.15, 0.2) is 35.0 Å². The number of benzene rings is 1. The van der Waals surface area contributed by atoms with Crippen molar-refractivity contribution in [2.24, 2.45) is 12.0 Å². The highest BCUT2D eigenvalue weighted by atomic mass is 16.6. The first-order valence-electron chi connectivity index (χ1n) is 6.11. The summed E-state index contributed by atoms with van der Waals surface area (Å²) >= 11 is 0. The average molecular weight is 254 g/mol. The number of carbonyl (C=O) groups is 1. The maximum Gasteiger partial charge on any atom is 0.363 e. The van der Waals surface area contributed by atoms with Crippen molar-refractivity contribution in [3.8, 4) is 0 Å². The number of aromatic nitrogens is 1. The molecule has 0 atom stereocenters. The molecular weight excluding hydrogens is 240 g/mol. The second kappa shape index (κ2) is 4.09. The molecule has 4 nitrogen and oxygen atoms in total. The summed E-state index contributed by atoms with van der Waals surface area (Å²) in [4.78, 5) is 15.8. The molecule has 0 N–H and O–H groups in total. The van der Waals surface area contributed by atoms with Crippen LogP contribution in [-0.4, -0.2) is 16.4 Å². The number of carbonyl (C=O) groups excluding carboxylic acids is 1. The molecule has 19 heavy (non-hydrogen) atoms. The Balaban J connectivity index is 2.24. The van der Waals surface area contributed by atoms with Gasteiger partial charge in [0.1, 0.15) is 0 Å². The lowest BCUT2D eigenvalue weighted by Crippen LogP contribution is -2.00. The largest absolute Gasteiger partial charge is 0.407 e. The van der Waals surface area contributed by atoms with Gasteiger partial charge in [-0.2, -0.15) is 0 Å². The number of hydrogen-bond donors (Lipinski definition) is 0. The Kier molecular flexibility index (Phi) is 2.52. The standard InChI is InChI=1S/C15H14N2O2/c1-9-12(8-13-15(18)19-10(2)16-13)11-6-4-5-7-14(11)17(9)3/h4-8H,1-3H3/b13-8+. The number of para-hydroxylation sites is 1. The second-order valence-corrected chi connectivity index (χ2v) is 4.63. The molecule has 3 rings (SSSR count). The summed E-state index contributed by atoms with van der Waals surface area (Å²) in [5.41, 5.74) is 3.61. The summed E-state index contributed by atoms with van der Waals surface area (Å²) in [6.07, 6.45) is 1.80. The Morgan fingerprint density at radius 2 is 2.00 bits per heavy atom. The van der Waals surface area contributed by atoms with Gasteiger partial charge in [0.15, 0.2) is 11.6 Å². The molecule has 0 spiro atoms. The first-order valence-corrected chi connectivity index (χ1v) is 6.11. The third kappa shape index (κ3) is 1.76. The number of aliphatic imine (C=N–C) groups is 1. The van der Waals surface area contributed by atoms with Crippen LogP contribution in [0.2, 0.25) is 0 Å². The molecular formula is C15H14N2O2. The Bertz CT molecular complexity index is 751.